The van der Waals surface area contributed by atoms with Gasteiger partial charge >= 0.3 is 0 Å². The molecule has 4 aromatic carbocycles. The fourth-order valence-corrected chi connectivity index (χ4v) is 4.62. The molecule has 0 saturated carbocycles. The number of anilines is 2. The van der Waals surface area contributed by atoms with Gasteiger partial charge < -0.3 is 5.32 Å². The van der Waals surface area contributed by atoms with Crippen LogP contribution < -0.4 is 5.32 Å². The Balaban J connectivity index is 1.53. The first-order valence-corrected chi connectivity index (χ1v) is 10.0. The van der Waals surface area contributed by atoms with Crippen molar-refractivity contribution in [2.24, 2.45) is 0 Å². The zero-order valence-electron chi connectivity index (χ0n) is 15.4. The maximum atomic E-state index is 3.59. The normalized spacial score (nSPS) is 14.0. The minimum atomic E-state index is 0.0271. The summed E-state index contributed by atoms with van der Waals surface area (Å²) in [6.45, 7) is 4.63. The molecule has 1 aliphatic carbocycles. The number of hydrogen-bond donors (Lipinski definition) is 1. The molecule has 5 rings (SSSR count). The molecule has 0 bridgehead atoms. The highest BCUT2D eigenvalue weighted by molar-refractivity contribution is 9.10. The molecule has 0 saturated heterocycles. The van der Waals surface area contributed by atoms with E-state index >= 15 is 0 Å². The van der Waals surface area contributed by atoms with E-state index in [-0.39, 0.29) is 5.41 Å². The quantitative estimate of drug-likeness (QED) is 0.355. The van der Waals surface area contributed by atoms with Crippen molar-refractivity contribution >= 4 is 38.1 Å². The third-order valence-corrected chi connectivity index (χ3v) is 6.17. The second kappa shape index (κ2) is 5.97. The van der Waals surface area contributed by atoms with E-state index in [9.17, 15) is 0 Å². The summed E-state index contributed by atoms with van der Waals surface area (Å²) < 4.78 is 1.11. The Hall–Kier alpha value is -2.58. The minimum Gasteiger partial charge on any atom is -0.355 e. The lowest BCUT2D eigenvalue weighted by molar-refractivity contribution is 0.660. The SMILES string of the molecule is CC1(C)c2ccccc2-c2ccc(Nc3ccc4cc(Br)ccc4c3)cc21. The van der Waals surface area contributed by atoms with Crippen LogP contribution in [0.1, 0.15) is 25.0 Å². The number of rotatable bonds is 2. The highest BCUT2D eigenvalue weighted by atomic mass is 79.9. The van der Waals surface area contributed by atoms with Crippen molar-refractivity contribution in [2.75, 3.05) is 5.32 Å². The van der Waals surface area contributed by atoms with Crippen LogP contribution in [0.4, 0.5) is 11.4 Å². The van der Waals surface area contributed by atoms with E-state index in [0.717, 1.165) is 15.8 Å². The maximum Gasteiger partial charge on any atom is 0.0390 e. The summed E-state index contributed by atoms with van der Waals surface area (Å²) in [6, 6.07) is 28.4. The smallest absolute Gasteiger partial charge is 0.0390 e. The van der Waals surface area contributed by atoms with E-state index in [1.54, 1.807) is 0 Å². The van der Waals surface area contributed by atoms with Crippen molar-refractivity contribution in [1.29, 1.82) is 0 Å². The van der Waals surface area contributed by atoms with Gasteiger partial charge in [-0.1, -0.05) is 72.2 Å². The lowest BCUT2D eigenvalue weighted by atomic mass is 9.82. The van der Waals surface area contributed by atoms with Gasteiger partial charge in [0.2, 0.25) is 0 Å². The van der Waals surface area contributed by atoms with Crippen LogP contribution in [0.15, 0.2) is 83.3 Å². The largest absolute Gasteiger partial charge is 0.355 e. The summed E-state index contributed by atoms with van der Waals surface area (Å²) in [5.74, 6) is 0. The molecule has 132 valence electrons. The Labute approximate surface area is 168 Å². The molecule has 2 heteroatoms. The molecule has 27 heavy (non-hydrogen) atoms. The second-order valence-electron chi connectivity index (χ2n) is 7.76. The van der Waals surface area contributed by atoms with Crippen molar-refractivity contribution in [1.82, 2.24) is 0 Å². The first-order valence-electron chi connectivity index (χ1n) is 9.23. The van der Waals surface area contributed by atoms with Gasteiger partial charge in [-0.3, -0.25) is 0 Å². The van der Waals surface area contributed by atoms with Crippen LogP contribution in [-0.4, -0.2) is 0 Å². The lowest BCUT2D eigenvalue weighted by Crippen LogP contribution is -2.15. The van der Waals surface area contributed by atoms with Gasteiger partial charge in [0, 0.05) is 21.3 Å². The van der Waals surface area contributed by atoms with E-state index in [1.807, 2.05) is 0 Å². The van der Waals surface area contributed by atoms with Crippen molar-refractivity contribution < 1.29 is 0 Å². The van der Waals surface area contributed by atoms with Gasteiger partial charge in [0.25, 0.3) is 0 Å². The zero-order valence-corrected chi connectivity index (χ0v) is 17.0. The van der Waals surface area contributed by atoms with Gasteiger partial charge in [0.15, 0.2) is 0 Å². The Bertz CT molecular complexity index is 1190. The average Bonchev–Trinajstić information content (AvgIpc) is 2.90. The molecule has 0 heterocycles. The van der Waals surface area contributed by atoms with Gasteiger partial charge in [0.1, 0.15) is 0 Å². The number of benzene rings is 4. The topological polar surface area (TPSA) is 12.0 Å². The predicted molar refractivity (Wildman–Crippen MR) is 119 cm³/mol. The Morgan fingerprint density at radius 1 is 0.667 bits per heavy atom. The molecule has 0 spiro atoms. The van der Waals surface area contributed by atoms with E-state index in [0.29, 0.717) is 0 Å². The molecule has 1 nitrogen and oxygen atoms in total. The van der Waals surface area contributed by atoms with Crippen molar-refractivity contribution in [3.8, 4) is 11.1 Å². The maximum absolute atomic E-state index is 3.59. The highest BCUT2D eigenvalue weighted by Crippen LogP contribution is 2.49. The zero-order chi connectivity index (χ0) is 18.6. The number of nitrogens with one attached hydrogen (secondary N) is 1. The van der Waals surface area contributed by atoms with E-state index < -0.39 is 0 Å². The molecule has 0 aromatic heterocycles. The van der Waals surface area contributed by atoms with Crippen LogP contribution in [0.5, 0.6) is 0 Å². The molecule has 1 aliphatic rings. The van der Waals surface area contributed by atoms with Gasteiger partial charge in [0.05, 0.1) is 0 Å². The van der Waals surface area contributed by atoms with E-state index in [4.69, 9.17) is 0 Å². The monoisotopic (exact) mass is 413 g/mol. The van der Waals surface area contributed by atoms with E-state index in [1.165, 1.54) is 33.0 Å². The molecular formula is C25H20BrN. The number of halogens is 1. The molecule has 0 radical (unpaired) electrons. The van der Waals surface area contributed by atoms with Gasteiger partial charge in [-0.05, 0) is 69.4 Å². The fraction of sp³-hybridized carbons (Fsp3) is 0.120. The molecule has 0 amide bonds. The second-order valence-corrected chi connectivity index (χ2v) is 8.68. The standard InChI is InChI=1S/C25H20BrN/c1-25(2)23-6-4-3-5-21(23)22-12-11-20(15-24(22)25)27-19-10-8-16-13-18(26)9-7-17(16)14-19/h3-15,27H,1-2H3. The summed E-state index contributed by atoms with van der Waals surface area (Å²) in [5, 5.41) is 6.06. The van der Waals surface area contributed by atoms with Crippen LogP contribution in [-0.2, 0) is 5.41 Å². The number of fused-ring (bicyclic) bond motifs is 4. The summed E-state index contributed by atoms with van der Waals surface area (Å²) >= 11 is 3.54. The molecule has 1 N–H and O–H groups in total. The summed E-state index contributed by atoms with van der Waals surface area (Å²) in [6.07, 6.45) is 0. The molecule has 4 aromatic rings. The predicted octanol–water partition coefficient (Wildman–Crippen LogP) is 7.65. The molecule has 0 unspecified atom stereocenters. The highest BCUT2D eigenvalue weighted by Gasteiger charge is 2.35. The first kappa shape index (κ1) is 16.6. The molecular weight excluding hydrogens is 394 g/mol. The first-order chi connectivity index (χ1) is 13.0. The fourth-order valence-electron chi connectivity index (χ4n) is 4.24. The van der Waals surface area contributed by atoms with E-state index in [2.05, 4.69) is 114 Å². The van der Waals surface area contributed by atoms with Crippen LogP contribution in [0.2, 0.25) is 0 Å². The van der Waals surface area contributed by atoms with Crippen molar-refractivity contribution in [3.63, 3.8) is 0 Å². The lowest BCUT2D eigenvalue weighted by Gasteiger charge is -2.22. The van der Waals surface area contributed by atoms with Gasteiger partial charge in [-0.25, -0.2) is 0 Å². The van der Waals surface area contributed by atoms with Crippen LogP contribution in [0.3, 0.4) is 0 Å². The Kier molecular flexibility index (Phi) is 3.66. The average molecular weight is 414 g/mol. The van der Waals surface area contributed by atoms with Crippen molar-refractivity contribution in [2.45, 2.75) is 19.3 Å². The minimum absolute atomic E-state index is 0.0271. The molecule has 0 fully saturated rings. The molecule has 0 atom stereocenters. The number of hydrogen-bond acceptors (Lipinski definition) is 1. The Morgan fingerprint density at radius 2 is 1.33 bits per heavy atom. The van der Waals surface area contributed by atoms with Crippen LogP contribution in [0.25, 0.3) is 21.9 Å². The van der Waals surface area contributed by atoms with Gasteiger partial charge in [-0.2, -0.15) is 0 Å². The van der Waals surface area contributed by atoms with Crippen LogP contribution in [0, 0.1) is 0 Å². The Morgan fingerprint density at radius 3 is 2.22 bits per heavy atom. The third kappa shape index (κ3) is 2.67. The summed E-state index contributed by atoms with van der Waals surface area (Å²) in [5.41, 5.74) is 7.78. The third-order valence-electron chi connectivity index (χ3n) is 5.67. The van der Waals surface area contributed by atoms with Gasteiger partial charge in [-0.15, -0.1) is 0 Å². The van der Waals surface area contributed by atoms with Crippen molar-refractivity contribution in [3.05, 3.63) is 94.5 Å². The summed E-state index contributed by atoms with van der Waals surface area (Å²) in [4.78, 5) is 0. The van der Waals surface area contributed by atoms with Crippen LogP contribution >= 0.6 is 15.9 Å². The summed E-state index contributed by atoms with van der Waals surface area (Å²) in [7, 11) is 0. The molecule has 0 aliphatic heterocycles.